The highest BCUT2D eigenvalue weighted by Crippen LogP contribution is 2.38. The summed E-state index contributed by atoms with van der Waals surface area (Å²) in [4.78, 5) is 26.9. The zero-order chi connectivity index (χ0) is 20.1. The minimum absolute atomic E-state index is 0.0191. The van der Waals surface area contributed by atoms with Gasteiger partial charge < -0.3 is 15.5 Å². The summed E-state index contributed by atoms with van der Waals surface area (Å²) in [5.41, 5.74) is -0.0492. The Labute approximate surface area is 165 Å². The highest BCUT2D eigenvalue weighted by Gasteiger charge is 2.38. The number of piperidine rings is 1. The Morgan fingerprint density at radius 2 is 1.89 bits per heavy atom. The number of carbonyl (C=O) groups excluding carboxylic acids is 2. The SMILES string of the molecule is C=CCC1CCC(CC)(NC(=O)NC2CCN(C(=O)CC(C)(C)C)CC2)C1. The molecule has 1 aliphatic carbocycles. The molecule has 1 aliphatic heterocycles. The lowest BCUT2D eigenvalue weighted by atomic mass is 9.91. The molecule has 2 unspecified atom stereocenters. The van der Waals surface area contributed by atoms with Crippen LogP contribution in [0.3, 0.4) is 0 Å². The van der Waals surface area contributed by atoms with Crippen LogP contribution in [0, 0.1) is 11.3 Å². The van der Waals surface area contributed by atoms with Crippen LogP contribution in [0.25, 0.3) is 0 Å². The zero-order valence-electron chi connectivity index (χ0n) is 17.8. The van der Waals surface area contributed by atoms with Gasteiger partial charge in [0, 0.05) is 31.1 Å². The maximum atomic E-state index is 12.6. The highest BCUT2D eigenvalue weighted by atomic mass is 16.2. The fourth-order valence-corrected chi connectivity index (χ4v) is 4.50. The van der Waals surface area contributed by atoms with Crippen LogP contribution in [0.2, 0.25) is 0 Å². The smallest absolute Gasteiger partial charge is 0.315 e. The fourth-order valence-electron chi connectivity index (χ4n) is 4.50. The standard InChI is InChI=1S/C22H39N3O2/c1-6-8-17-9-12-22(7-2,15-17)24-20(27)23-18-10-13-25(14-11-18)19(26)16-21(3,4)5/h6,17-18H,1,7-16H2,2-5H3,(H2,23,24,27). The predicted molar refractivity (Wildman–Crippen MR) is 111 cm³/mol. The Kier molecular flexibility index (Phi) is 7.35. The van der Waals surface area contributed by atoms with Crippen LogP contribution in [0.4, 0.5) is 4.79 Å². The van der Waals surface area contributed by atoms with Crippen molar-refractivity contribution in [1.29, 1.82) is 0 Å². The minimum atomic E-state index is -0.0683. The van der Waals surface area contributed by atoms with E-state index in [-0.39, 0.29) is 28.9 Å². The van der Waals surface area contributed by atoms with Crippen molar-refractivity contribution in [2.45, 2.75) is 90.6 Å². The van der Waals surface area contributed by atoms with Gasteiger partial charge in [-0.25, -0.2) is 4.79 Å². The van der Waals surface area contributed by atoms with Crippen molar-refractivity contribution < 1.29 is 9.59 Å². The lowest BCUT2D eigenvalue weighted by molar-refractivity contribution is -0.134. The summed E-state index contributed by atoms with van der Waals surface area (Å²) in [6, 6.07) is 0.110. The molecular weight excluding hydrogens is 338 g/mol. The number of urea groups is 1. The van der Waals surface area contributed by atoms with Crippen molar-refractivity contribution in [3.8, 4) is 0 Å². The molecule has 0 aromatic rings. The van der Waals surface area contributed by atoms with E-state index in [2.05, 4.69) is 44.9 Å². The third kappa shape index (κ3) is 6.54. The number of rotatable bonds is 6. The molecule has 1 heterocycles. The molecule has 0 radical (unpaired) electrons. The van der Waals surface area contributed by atoms with Crippen LogP contribution in [0.1, 0.15) is 79.1 Å². The van der Waals surface area contributed by atoms with E-state index >= 15 is 0 Å². The van der Waals surface area contributed by atoms with E-state index in [1.807, 2.05) is 11.0 Å². The Morgan fingerprint density at radius 1 is 1.22 bits per heavy atom. The van der Waals surface area contributed by atoms with Crippen molar-refractivity contribution in [2.24, 2.45) is 11.3 Å². The average molecular weight is 378 g/mol. The number of likely N-dealkylation sites (tertiary alicyclic amines) is 1. The topological polar surface area (TPSA) is 61.4 Å². The van der Waals surface area contributed by atoms with Gasteiger partial charge in [0.25, 0.3) is 0 Å². The summed E-state index contributed by atoms with van der Waals surface area (Å²) >= 11 is 0. The first-order chi connectivity index (χ1) is 12.7. The summed E-state index contributed by atoms with van der Waals surface area (Å²) in [7, 11) is 0. The lowest BCUT2D eigenvalue weighted by Gasteiger charge is -2.35. The van der Waals surface area contributed by atoms with Crippen LogP contribution in [-0.4, -0.2) is 41.5 Å². The van der Waals surface area contributed by atoms with Gasteiger partial charge in [-0.1, -0.05) is 33.8 Å². The largest absolute Gasteiger partial charge is 0.343 e. The first kappa shape index (κ1) is 21.8. The lowest BCUT2D eigenvalue weighted by Crippen LogP contribution is -2.54. The zero-order valence-corrected chi connectivity index (χ0v) is 17.8. The molecule has 0 spiro atoms. The monoisotopic (exact) mass is 377 g/mol. The number of allylic oxidation sites excluding steroid dienone is 1. The molecule has 5 nitrogen and oxygen atoms in total. The third-order valence-corrected chi connectivity index (χ3v) is 6.13. The van der Waals surface area contributed by atoms with Gasteiger partial charge >= 0.3 is 6.03 Å². The van der Waals surface area contributed by atoms with Crippen molar-refractivity contribution in [3.05, 3.63) is 12.7 Å². The quantitative estimate of drug-likeness (QED) is 0.680. The fraction of sp³-hybridized carbons (Fsp3) is 0.818. The summed E-state index contributed by atoms with van der Waals surface area (Å²) < 4.78 is 0. The molecule has 5 heteroatoms. The first-order valence-corrected chi connectivity index (χ1v) is 10.6. The van der Waals surface area contributed by atoms with Crippen molar-refractivity contribution in [3.63, 3.8) is 0 Å². The molecule has 2 fully saturated rings. The number of hydrogen-bond acceptors (Lipinski definition) is 2. The summed E-state index contributed by atoms with van der Waals surface area (Å²) in [5, 5.41) is 6.43. The Morgan fingerprint density at radius 3 is 2.44 bits per heavy atom. The van der Waals surface area contributed by atoms with Gasteiger partial charge in [-0.2, -0.15) is 0 Å². The van der Waals surface area contributed by atoms with Gasteiger partial charge in [-0.3, -0.25) is 4.79 Å². The van der Waals surface area contributed by atoms with Gasteiger partial charge in [-0.15, -0.1) is 6.58 Å². The van der Waals surface area contributed by atoms with E-state index in [4.69, 9.17) is 0 Å². The maximum Gasteiger partial charge on any atom is 0.315 e. The Bertz CT molecular complexity index is 532. The van der Waals surface area contributed by atoms with Crippen LogP contribution in [0.15, 0.2) is 12.7 Å². The molecule has 3 amide bonds. The van der Waals surface area contributed by atoms with E-state index in [0.29, 0.717) is 12.3 Å². The number of nitrogens with one attached hydrogen (secondary N) is 2. The van der Waals surface area contributed by atoms with Crippen molar-refractivity contribution in [1.82, 2.24) is 15.5 Å². The van der Waals surface area contributed by atoms with E-state index in [1.165, 1.54) is 0 Å². The first-order valence-electron chi connectivity index (χ1n) is 10.6. The third-order valence-electron chi connectivity index (χ3n) is 6.13. The van der Waals surface area contributed by atoms with Gasteiger partial charge in [-0.05, 0) is 56.3 Å². The van der Waals surface area contributed by atoms with Crippen LogP contribution in [-0.2, 0) is 4.79 Å². The molecular formula is C22H39N3O2. The second-order valence-electron chi connectivity index (χ2n) is 9.76. The molecule has 1 saturated carbocycles. The predicted octanol–water partition coefficient (Wildman–Crippen LogP) is 4.24. The number of nitrogens with zero attached hydrogens (tertiary/aromatic N) is 1. The molecule has 1 saturated heterocycles. The van der Waals surface area contributed by atoms with Gasteiger partial charge in [0.1, 0.15) is 0 Å². The maximum absolute atomic E-state index is 12.6. The molecule has 0 aromatic heterocycles. The van der Waals surface area contributed by atoms with Gasteiger partial charge in [0.2, 0.25) is 5.91 Å². The van der Waals surface area contributed by atoms with E-state index in [1.54, 1.807) is 0 Å². The molecule has 154 valence electrons. The number of carbonyl (C=O) groups is 2. The van der Waals surface area contributed by atoms with Gasteiger partial charge in [0.15, 0.2) is 0 Å². The number of amides is 3. The summed E-state index contributed by atoms with van der Waals surface area (Å²) in [6.45, 7) is 13.8. The molecule has 27 heavy (non-hydrogen) atoms. The van der Waals surface area contributed by atoms with E-state index in [0.717, 1.165) is 58.0 Å². The van der Waals surface area contributed by atoms with Crippen LogP contribution < -0.4 is 10.6 Å². The Balaban J connectivity index is 1.77. The summed E-state index contributed by atoms with van der Waals surface area (Å²) in [5.74, 6) is 0.870. The molecule has 0 bridgehead atoms. The minimum Gasteiger partial charge on any atom is -0.343 e. The normalized spacial score (nSPS) is 26.7. The van der Waals surface area contributed by atoms with Gasteiger partial charge in [0.05, 0.1) is 0 Å². The van der Waals surface area contributed by atoms with Crippen LogP contribution >= 0.6 is 0 Å². The summed E-state index contributed by atoms with van der Waals surface area (Å²) in [6.07, 6.45) is 9.50. The van der Waals surface area contributed by atoms with E-state index < -0.39 is 0 Å². The molecule has 0 aromatic carbocycles. The van der Waals surface area contributed by atoms with Crippen molar-refractivity contribution >= 4 is 11.9 Å². The van der Waals surface area contributed by atoms with Crippen molar-refractivity contribution in [2.75, 3.05) is 13.1 Å². The highest BCUT2D eigenvalue weighted by molar-refractivity contribution is 5.77. The second-order valence-corrected chi connectivity index (χ2v) is 9.76. The molecule has 2 rings (SSSR count). The van der Waals surface area contributed by atoms with Crippen LogP contribution in [0.5, 0.6) is 0 Å². The number of hydrogen-bond donors (Lipinski definition) is 2. The average Bonchev–Trinajstić information content (AvgIpc) is 2.97. The van der Waals surface area contributed by atoms with E-state index in [9.17, 15) is 9.59 Å². The molecule has 2 N–H and O–H groups in total. The molecule has 2 aliphatic rings. The molecule has 2 atom stereocenters. The Hall–Kier alpha value is -1.52. The second kappa shape index (κ2) is 9.11.